The summed E-state index contributed by atoms with van der Waals surface area (Å²) >= 11 is 0. The van der Waals surface area contributed by atoms with E-state index in [4.69, 9.17) is 0 Å². The molecule has 0 aliphatic carbocycles. The molecule has 29 heavy (non-hydrogen) atoms. The second-order valence-corrected chi connectivity index (χ2v) is 7.88. The number of hydrogen-bond acceptors (Lipinski definition) is 5. The van der Waals surface area contributed by atoms with E-state index in [1.165, 1.54) is 12.8 Å². The van der Waals surface area contributed by atoms with E-state index < -0.39 is 17.5 Å². The monoisotopic (exact) mass is 406 g/mol. The highest BCUT2D eigenvalue weighted by Crippen LogP contribution is 2.39. The van der Waals surface area contributed by atoms with E-state index in [1.54, 1.807) is 6.92 Å². The van der Waals surface area contributed by atoms with Crippen LogP contribution in [0.5, 0.6) is 5.75 Å². The first-order valence-corrected chi connectivity index (χ1v) is 10.0. The first-order chi connectivity index (χ1) is 13.8. The molecule has 1 aromatic heterocycles. The lowest BCUT2D eigenvalue weighted by atomic mass is 9.99. The number of nitrogens with zero attached hydrogens (tertiary/aromatic N) is 4. The lowest BCUT2D eigenvalue weighted by Crippen LogP contribution is -2.40. The Balaban J connectivity index is 1.60. The number of aromatic nitrogens is 2. The quantitative estimate of drug-likeness (QED) is 0.831. The number of anilines is 1. The van der Waals surface area contributed by atoms with Gasteiger partial charge < -0.3 is 10.0 Å². The Bertz CT molecular complexity index is 892. The molecule has 1 fully saturated rings. The summed E-state index contributed by atoms with van der Waals surface area (Å²) in [5.41, 5.74) is 1.19. The maximum absolute atomic E-state index is 13.0. The number of benzene rings is 1. The summed E-state index contributed by atoms with van der Waals surface area (Å²) in [6.07, 6.45) is -1.28. The van der Waals surface area contributed by atoms with Crippen molar-refractivity contribution in [2.75, 3.05) is 31.1 Å². The SMILES string of the molecule is CCN1CCC[C@@H]1CN1CCc2cc(-c3c(C)cc(C(F)(F)F)cc3O)nnc21. The van der Waals surface area contributed by atoms with Gasteiger partial charge in [0, 0.05) is 30.3 Å². The number of hydrogen-bond donors (Lipinski definition) is 1. The number of alkyl halides is 3. The lowest BCUT2D eigenvalue weighted by molar-refractivity contribution is -0.137. The van der Waals surface area contributed by atoms with Crippen LogP contribution in [0, 0.1) is 6.92 Å². The van der Waals surface area contributed by atoms with Gasteiger partial charge in [-0.1, -0.05) is 6.92 Å². The molecule has 156 valence electrons. The molecule has 2 aliphatic rings. The Labute approximate surface area is 168 Å². The van der Waals surface area contributed by atoms with E-state index in [1.807, 2.05) is 6.07 Å². The maximum Gasteiger partial charge on any atom is 0.416 e. The topological polar surface area (TPSA) is 52.5 Å². The molecule has 8 heteroatoms. The third kappa shape index (κ3) is 3.77. The van der Waals surface area contributed by atoms with Gasteiger partial charge in [-0.3, -0.25) is 4.90 Å². The Hall–Kier alpha value is -2.35. The first kappa shape index (κ1) is 19.9. The van der Waals surface area contributed by atoms with Gasteiger partial charge in [0.15, 0.2) is 5.82 Å². The fourth-order valence-electron chi connectivity index (χ4n) is 4.57. The summed E-state index contributed by atoms with van der Waals surface area (Å²) in [4.78, 5) is 4.74. The van der Waals surface area contributed by atoms with Gasteiger partial charge in [-0.2, -0.15) is 13.2 Å². The molecule has 0 spiro atoms. The molecule has 2 aromatic rings. The average Bonchev–Trinajstić information content (AvgIpc) is 3.27. The molecule has 1 aromatic carbocycles. The van der Waals surface area contributed by atoms with E-state index in [0.717, 1.165) is 56.1 Å². The van der Waals surface area contributed by atoms with Crippen molar-refractivity contribution in [3.63, 3.8) is 0 Å². The van der Waals surface area contributed by atoms with Crippen molar-refractivity contribution in [2.24, 2.45) is 0 Å². The zero-order valence-corrected chi connectivity index (χ0v) is 16.6. The van der Waals surface area contributed by atoms with Crippen molar-refractivity contribution in [3.8, 4) is 17.0 Å². The van der Waals surface area contributed by atoms with Crippen molar-refractivity contribution in [1.29, 1.82) is 0 Å². The first-order valence-electron chi connectivity index (χ1n) is 10.0. The predicted molar refractivity (Wildman–Crippen MR) is 105 cm³/mol. The molecule has 1 atom stereocenters. The molecular weight excluding hydrogens is 381 g/mol. The zero-order chi connectivity index (χ0) is 20.8. The fourth-order valence-corrected chi connectivity index (χ4v) is 4.57. The van der Waals surface area contributed by atoms with Crippen LogP contribution in [-0.2, 0) is 12.6 Å². The number of aromatic hydroxyl groups is 1. The molecule has 5 nitrogen and oxygen atoms in total. The number of halogens is 3. The largest absolute Gasteiger partial charge is 0.507 e. The molecule has 0 amide bonds. The van der Waals surface area contributed by atoms with Gasteiger partial charge >= 0.3 is 6.18 Å². The van der Waals surface area contributed by atoms with Gasteiger partial charge in [0.1, 0.15) is 5.75 Å². The van der Waals surface area contributed by atoms with Crippen molar-refractivity contribution in [2.45, 2.75) is 45.3 Å². The van der Waals surface area contributed by atoms with Gasteiger partial charge in [-0.05, 0) is 63.0 Å². The van der Waals surface area contributed by atoms with Crippen molar-refractivity contribution in [1.82, 2.24) is 15.1 Å². The van der Waals surface area contributed by atoms with Crippen LogP contribution in [0.2, 0.25) is 0 Å². The summed E-state index contributed by atoms with van der Waals surface area (Å²) in [5.74, 6) is 0.423. The minimum absolute atomic E-state index is 0.305. The van der Waals surface area contributed by atoms with Crippen molar-refractivity contribution < 1.29 is 18.3 Å². The number of phenolic OH excluding ortho intramolecular Hbond substituents is 1. The Morgan fingerprint density at radius 3 is 2.66 bits per heavy atom. The number of likely N-dealkylation sites (N-methyl/N-ethyl adjacent to an activating group) is 1. The number of rotatable bonds is 4. The molecule has 1 saturated heterocycles. The highest BCUT2D eigenvalue weighted by atomic mass is 19.4. The number of fused-ring (bicyclic) bond motifs is 1. The minimum atomic E-state index is -4.50. The summed E-state index contributed by atoms with van der Waals surface area (Å²) in [5, 5.41) is 18.9. The molecule has 0 bridgehead atoms. The predicted octanol–water partition coefficient (Wildman–Crippen LogP) is 4.02. The number of phenols is 1. The highest BCUT2D eigenvalue weighted by Gasteiger charge is 2.33. The molecule has 4 rings (SSSR count). The standard InChI is InChI=1S/C21H25F3N4O/c1-3-27-7-4-5-16(27)12-28-8-6-14-10-17(25-26-20(14)28)19-13(2)9-15(11-18(19)29)21(22,23)24/h9-11,16,29H,3-8,12H2,1-2H3/t16-/m1/s1. The smallest absolute Gasteiger partial charge is 0.416 e. The molecule has 0 radical (unpaired) electrons. The molecule has 2 aliphatic heterocycles. The third-order valence-electron chi connectivity index (χ3n) is 6.04. The van der Waals surface area contributed by atoms with E-state index in [-0.39, 0.29) is 0 Å². The van der Waals surface area contributed by atoms with E-state index >= 15 is 0 Å². The summed E-state index contributed by atoms with van der Waals surface area (Å²) in [7, 11) is 0. The average molecular weight is 406 g/mol. The Morgan fingerprint density at radius 1 is 1.17 bits per heavy atom. The van der Waals surface area contributed by atoms with Crippen molar-refractivity contribution >= 4 is 5.82 Å². The summed E-state index contributed by atoms with van der Waals surface area (Å²) < 4.78 is 38.9. The van der Waals surface area contributed by atoms with E-state index in [2.05, 4.69) is 26.9 Å². The van der Waals surface area contributed by atoms with Gasteiger partial charge in [0.2, 0.25) is 0 Å². The molecule has 0 saturated carbocycles. The second-order valence-electron chi connectivity index (χ2n) is 7.88. The highest BCUT2D eigenvalue weighted by molar-refractivity contribution is 5.73. The third-order valence-corrected chi connectivity index (χ3v) is 6.04. The molecule has 1 N–H and O–H groups in total. The van der Waals surface area contributed by atoms with Crippen molar-refractivity contribution in [3.05, 3.63) is 34.9 Å². The minimum Gasteiger partial charge on any atom is -0.507 e. The van der Waals surface area contributed by atoms with E-state index in [9.17, 15) is 18.3 Å². The Kier molecular flexibility index (Phi) is 5.14. The van der Waals surface area contributed by atoms with Gasteiger partial charge in [-0.25, -0.2) is 0 Å². The molecular formula is C21H25F3N4O. The summed E-state index contributed by atoms with van der Waals surface area (Å²) in [6.45, 7) is 7.69. The van der Waals surface area contributed by atoms with Crippen LogP contribution < -0.4 is 4.90 Å². The van der Waals surface area contributed by atoms with Crippen LogP contribution in [0.1, 0.15) is 36.5 Å². The molecule has 3 heterocycles. The number of likely N-dealkylation sites (tertiary alicyclic amines) is 1. The lowest BCUT2D eigenvalue weighted by Gasteiger charge is -2.28. The van der Waals surface area contributed by atoms with Crippen LogP contribution in [0.25, 0.3) is 11.3 Å². The maximum atomic E-state index is 13.0. The second kappa shape index (κ2) is 7.48. The van der Waals surface area contributed by atoms with Gasteiger partial charge in [-0.15, -0.1) is 10.2 Å². The summed E-state index contributed by atoms with van der Waals surface area (Å²) in [6, 6.07) is 4.16. The zero-order valence-electron chi connectivity index (χ0n) is 16.6. The Morgan fingerprint density at radius 2 is 1.97 bits per heavy atom. The number of aryl methyl sites for hydroxylation is 1. The van der Waals surface area contributed by atoms with Crippen LogP contribution in [-0.4, -0.2) is 52.4 Å². The van der Waals surface area contributed by atoms with Crippen LogP contribution in [0.15, 0.2) is 18.2 Å². The van der Waals surface area contributed by atoms with E-state index in [0.29, 0.717) is 22.9 Å². The van der Waals surface area contributed by atoms with Gasteiger partial charge in [0.25, 0.3) is 0 Å². The molecule has 0 unspecified atom stereocenters. The fraction of sp³-hybridized carbons (Fsp3) is 0.524. The van der Waals surface area contributed by atoms with Crippen LogP contribution in [0.3, 0.4) is 0 Å². The van der Waals surface area contributed by atoms with Crippen LogP contribution in [0.4, 0.5) is 19.0 Å². The normalized spacial score (nSPS) is 19.8. The van der Waals surface area contributed by atoms with Gasteiger partial charge in [0.05, 0.1) is 11.3 Å². The van der Waals surface area contributed by atoms with Crippen LogP contribution >= 0.6 is 0 Å².